The zero-order chi connectivity index (χ0) is 13.2. The Morgan fingerprint density at radius 3 is 3.05 bits per heavy atom. The van der Waals surface area contributed by atoms with Crippen LogP contribution in [0.4, 0.5) is 5.69 Å². The molecule has 1 fully saturated rings. The first-order valence-corrected chi connectivity index (χ1v) is 7.82. The molecule has 2 nitrogen and oxygen atoms in total. The van der Waals surface area contributed by atoms with Crippen molar-refractivity contribution in [3.63, 3.8) is 0 Å². The Balaban J connectivity index is 1.76. The number of fused-ring (bicyclic) bond motifs is 1. The third-order valence-electron chi connectivity index (χ3n) is 4.80. The van der Waals surface area contributed by atoms with Gasteiger partial charge in [-0.15, -0.1) is 0 Å². The molecule has 0 aliphatic carbocycles. The van der Waals surface area contributed by atoms with E-state index >= 15 is 0 Å². The fourth-order valence-electron chi connectivity index (χ4n) is 3.59. The van der Waals surface area contributed by atoms with E-state index in [4.69, 9.17) is 0 Å². The molecule has 1 aromatic carbocycles. The standard InChI is InChI=1S/C17H26N2/c1-13-7-8-17-15(11-13)6-4-10-19(17)12-16-14(2)5-3-9-18-16/h7-8,11,14,16,18H,3-6,9-10,12H2,1-2H3. The van der Waals surface area contributed by atoms with Crippen molar-refractivity contribution in [1.29, 1.82) is 0 Å². The molecule has 2 aliphatic rings. The molecule has 0 bridgehead atoms. The Kier molecular flexibility index (Phi) is 3.79. The van der Waals surface area contributed by atoms with Crippen molar-refractivity contribution in [2.24, 2.45) is 5.92 Å². The molecule has 2 heterocycles. The summed E-state index contributed by atoms with van der Waals surface area (Å²) < 4.78 is 0. The van der Waals surface area contributed by atoms with Crippen LogP contribution < -0.4 is 10.2 Å². The number of rotatable bonds is 2. The van der Waals surface area contributed by atoms with E-state index in [0.717, 1.165) is 5.92 Å². The highest BCUT2D eigenvalue weighted by molar-refractivity contribution is 5.56. The average Bonchev–Trinajstić information content (AvgIpc) is 2.41. The number of piperidine rings is 1. The summed E-state index contributed by atoms with van der Waals surface area (Å²) in [5.74, 6) is 0.810. The van der Waals surface area contributed by atoms with E-state index in [1.54, 1.807) is 5.56 Å². The number of nitrogens with zero attached hydrogens (tertiary/aromatic N) is 1. The monoisotopic (exact) mass is 258 g/mol. The minimum atomic E-state index is 0.668. The van der Waals surface area contributed by atoms with Gasteiger partial charge in [-0.3, -0.25) is 0 Å². The van der Waals surface area contributed by atoms with Crippen molar-refractivity contribution in [2.45, 2.75) is 45.6 Å². The summed E-state index contributed by atoms with van der Waals surface area (Å²) in [7, 11) is 0. The molecule has 2 heteroatoms. The van der Waals surface area contributed by atoms with E-state index in [9.17, 15) is 0 Å². The van der Waals surface area contributed by atoms with E-state index in [0.29, 0.717) is 6.04 Å². The van der Waals surface area contributed by atoms with Crippen LogP contribution in [0.1, 0.15) is 37.3 Å². The second-order valence-corrected chi connectivity index (χ2v) is 6.36. The molecule has 19 heavy (non-hydrogen) atoms. The van der Waals surface area contributed by atoms with Gasteiger partial charge in [0, 0.05) is 24.8 Å². The highest BCUT2D eigenvalue weighted by atomic mass is 15.2. The molecule has 1 aromatic rings. The quantitative estimate of drug-likeness (QED) is 0.876. The minimum absolute atomic E-state index is 0.668. The molecule has 0 radical (unpaired) electrons. The molecule has 0 spiro atoms. The van der Waals surface area contributed by atoms with E-state index in [1.807, 2.05) is 0 Å². The normalized spacial score (nSPS) is 27.2. The van der Waals surface area contributed by atoms with Crippen LogP contribution in [0.3, 0.4) is 0 Å². The van der Waals surface area contributed by atoms with Crippen LogP contribution in [0.15, 0.2) is 18.2 Å². The number of hydrogen-bond donors (Lipinski definition) is 1. The van der Waals surface area contributed by atoms with Crippen molar-refractivity contribution in [2.75, 3.05) is 24.5 Å². The van der Waals surface area contributed by atoms with Gasteiger partial charge in [-0.1, -0.05) is 24.6 Å². The Morgan fingerprint density at radius 1 is 1.32 bits per heavy atom. The molecule has 1 saturated heterocycles. The molecule has 2 aliphatic heterocycles. The molecular formula is C17H26N2. The second-order valence-electron chi connectivity index (χ2n) is 6.36. The Bertz CT molecular complexity index is 441. The second kappa shape index (κ2) is 5.54. The van der Waals surface area contributed by atoms with Gasteiger partial charge in [-0.05, 0) is 56.7 Å². The van der Waals surface area contributed by atoms with Crippen molar-refractivity contribution in [1.82, 2.24) is 5.32 Å². The number of aryl methyl sites for hydroxylation is 2. The summed E-state index contributed by atoms with van der Waals surface area (Å²) in [5, 5.41) is 3.72. The maximum atomic E-state index is 3.72. The molecule has 0 saturated carbocycles. The highest BCUT2D eigenvalue weighted by Crippen LogP contribution is 2.29. The van der Waals surface area contributed by atoms with Crippen LogP contribution in [0, 0.1) is 12.8 Å². The third-order valence-corrected chi connectivity index (χ3v) is 4.80. The van der Waals surface area contributed by atoms with E-state index in [1.165, 1.54) is 56.6 Å². The van der Waals surface area contributed by atoms with Crippen LogP contribution in [0.25, 0.3) is 0 Å². The molecule has 2 atom stereocenters. The van der Waals surface area contributed by atoms with E-state index < -0.39 is 0 Å². The summed E-state index contributed by atoms with van der Waals surface area (Å²) in [4.78, 5) is 2.61. The lowest BCUT2D eigenvalue weighted by molar-refractivity contribution is 0.300. The minimum Gasteiger partial charge on any atom is -0.370 e. The predicted octanol–water partition coefficient (Wildman–Crippen LogP) is 3.14. The predicted molar refractivity (Wildman–Crippen MR) is 81.9 cm³/mol. The Hall–Kier alpha value is -1.02. The first-order chi connectivity index (χ1) is 9.24. The summed E-state index contributed by atoms with van der Waals surface area (Å²) in [6, 6.07) is 7.63. The van der Waals surface area contributed by atoms with Crippen molar-refractivity contribution in [3.8, 4) is 0 Å². The largest absolute Gasteiger partial charge is 0.370 e. The van der Waals surface area contributed by atoms with Crippen molar-refractivity contribution < 1.29 is 0 Å². The van der Waals surface area contributed by atoms with Gasteiger partial charge in [0.2, 0.25) is 0 Å². The van der Waals surface area contributed by atoms with Gasteiger partial charge in [0.15, 0.2) is 0 Å². The van der Waals surface area contributed by atoms with Gasteiger partial charge in [0.1, 0.15) is 0 Å². The summed E-state index contributed by atoms with van der Waals surface area (Å²) >= 11 is 0. The first-order valence-electron chi connectivity index (χ1n) is 7.82. The Morgan fingerprint density at radius 2 is 2.21 bits per heavy atom. The van der Waals surface area contributed by atoms with Crippen LogP contribution in [-0.4, -0.2) is 25.7 Å². The van der Waals surface area contributed by atoms with Crippen LogP contribution in [-0.2, 0) is 6.42 Å². The molecule has 104 valence electrons. The van der Waals surface area contributed by atoms with E-state index in [-0.39, 0.29) is 0 Å². The summed E-state index contributed by atoms with van der Waals surface area (Å²) in [6.45, 7) is 8.20. The smallest absolute Gasteiger partial charge is 0.0399 e. The number of nitrogens with one attached hydrogen (secondary N) is 1. The van der Waals surface area contributed by atoms with Gasteiger partial charge in [0.05, 0.1) is 0 Å². The van der Waals surface area contributed by atoms with Crippen LogP contribution in [0.2, 0.25) is 0 Å². The summed E-state index contributed by atoms with van der Waals surface area (Å²) in [5.41, 5.74) is 4.43. The average molecular weight is 258 g/mol. The zero-order valence-electron chi connectivity index (χ0n) is 12.3. The number of benzene rings is 1. The zero-order valence-corrected chi connectivity index (χ0v) is 12.3. The van der Waals surface area contributed by atoms with Crippen LogP contribution in [0.5, 0.6) is 0 Å². The van der Waals surface area contributed by atoms with Gasteiger partial charge in [-0.2, -0.15) is 0 Å². The molecular weight excluding hydrogens is 232 g/mol. The lowest BCUT2D eigenvalue weighted by Crippen LogP contribution is -2.49. The first kappa shape index (κ1) is 13.0. The van der Waals surface area contributed by atoms with Crippen molar-refractivity contribution in [3.05, 3.63) is 29.3 Å². The van der Waals surface area contributed by atoms with E-state index in [2.05, 4.69) is 42.3 Å². The number of anilines is 1. The summed E-state index contributed by atoms with van der Waals surface area (Å²) in [6.07, 6.45) is 5.28. The highest BCUT2D eigenvalue weighted by Gasteiger charge is 2.25. The fraction of sp³-hybridized carbons (Fsp3) is 0.647. The van der Waals surface area contributed by atoms with Gasteiger partial charge in [-0.25, -0.2) is 0 Å². The topological polar surface area (TPSA) is 15.3 Å². The molecule has 0 aromatic heterocycles. The Labute approximate surface area is 117 Å². The fourth-order valence-corrected chi connectivity index (χ4v) is 3.59. The van der Waals surface area contributed by atoms with Crippen LogP contribution >= 0.6 is 0 Å². The maximum Gasteiger partial charge on any atom is 0.0399 e. The molecule has 2 unspecified atom stereocenters. The lowest BCUT2D eigenvalue weighted by Gasteiger charge is -2.38. The lowest BCUT2D eigenvalue weighted by atomic mass is 9.91. The molecule has 1 N–H and O–H groups in total. The maximum absolute atomic E-state index is 3.72. The third kappa shape index (κ3) is 2.79. The van der Waals surface area contributed by atoms with Gasteiger partial charge < -0.3 is 10.2 Å². The van der Waals surface area contributed by atoms with Gasteiger partial charge in [0.25, 0.3) is 0 Å². The molecule has 0 amide bonds. The SMILES string of the molecule is Cc1ccc2c(c1)CCCN2CC1NCCCC1C. The van der Waals surface area contributed by atoms with Crippen molar-refractivity contribution >= 4 is 5.69 Å². The number of hydrogen-bond acceptors (Lipinski definition) is 2. The molecule has 3 rings (SSSR count). The van der Waals surface area contributed by atoms with Gasteiger partial charge >= 0.3 is 0 Å².